The minimum atomic E-state index is -0.176. The van der Waals surface area contributed by atoms with E-state index in [0.717, 1.165) is 22.5 Å². The van der Waals surface area contributed by atoms with Gasteiger partial charge >= 0.3 is 0 Å². The number of pyridine rings is 1. The highest BCUT2D eigenvalue weighted by Crippen LogP contribution is 2.20. The lowest BCUT2D eigenvalue weighted by atomic mass is 10.1. The average Bonchev–Trinajstić information content (AvgIpc) is 2.42. The van der Waals surface area contributed by atoms with Crippen LogP contribution in [0.15, 0.2) is 30.3 Å². The summed E-state index contributed by atoms with van der Waals surface area (Å²) < 4.78 is 0. The van der Waals surface area contributed by atoms with E-state index < -0.39 is 0 Å². The van der Waals surface area contributed by atoms with Crippen molar-refractivity contribution in [2.45, 2.75) is 20.8 Å². The van der Waals surface area contributed by atoms with Gasteiger partial charge in [-0.3, -0.25) is 4.79 Å². The molecular weight excluding hydrogens is 252 g/mol. The fourth-order valence-electron chi connectivity index (χ4n) is 2.07. The number of amides is 1. The van der Waals surface area contributed by atoms with Crippen LogP contribution < -0.4 is 16.6 Å². The van der Waals surface area contributed by atoms with E-state index in [1.165, 1.54) is 0 Å². The Morgan fingerprint density at radius 2 is 1.80 bits per heavy atom. The van der Waals surface area contributed by atoms with Gasteiger partial charge in [-0.15, -0.1) is 0 Å². The number of hydrogen-bond acceptors (Lipinski definition) is 4. The molecule has 0 radical (unpaired) electrons. The molecule has 4 N–H and O–H groups in total. The number of rotatable bonds is 3. The van der Waals surface area contributed by atoms with Crippen molar-refractivity contribution in [1.29, 1.82) is 0 Å². The van der Waals surface area contributed by atoms with Crippen LogP contribution >= 0.6 is 0 Å². The average molecular weight is 270 g/mol. The molecule has 0 saturated heterocycles. The SMILES string of the molecule is Cc1cc(C(=O)Nc2c(C)cccc2C)cc(NN)n1. The third kappa shape index (κ3) is 2.95. The van der Waals surface area contributed by atoms with Gasteiger partial charge in [-0.2, -0.15) is 0 Å². The quantitative estimate of drug-likeness (QED) is 0.591. The van der Waals surface area contributed by atoms with Gasteiger partial charge in [0.25, 0.3) is 5.91 Å². The van der Waals surface area contributed by atoms with E-state index in [9.17, 15) is 4.79 Å². The van der Waals surface area contributed by atoms with Crippen LogP contribution in [0.25, 0.3) is 0 Å². The minimum Gasteiger partial charge on any atom is -0.322 e. The van der Waals surface area contributed by atoms with E-state index in [1.807, 2.05) is 39.0 Å². The molecule has 2 aromatic rings. The molecule has 0 aliphatic heterocycles. The van der Waals surface area contributed by atoms with Crippen LogP contribution in [-0.4, -0.2) is 10.9 Å². The first-order chi connectivity index (χ1) is 9.51. The first kappa shape index (κ1) is 14.0. The fraction of sp³-hybridized carbons (Fsp3) is 0.200. The monoisotopic (exact) mass is 270 g/mol. The number of anilines is 2. The molecule has 5 heteroatoms. The molecule has 0 spiro atoms. The van der Waals surface area contributed by atoms with Crippen LogP contribution in [0.4, 0.5) is 11.5 Å². The molecule has 20 heavy (non-hydrogen) atoms. The van der Waals surface area contributed by atoms with Crippen LogP contribution in [0.1, 0.15) is 27.2 Å². The first-order valence-electron chi connectivity index (χ1n) is 6.34. The maximum atomic E-state index is 12.3. The Hall–Kier alpha value is -2.40. The van der Waals surface area contributed by atoms with Crippen molar-refractivity contribution >= 4 is 17.4 Å². The molecule has 0 aliphatic rings. The van der Waals surface area contributed by atoms with Gasteiger partial charge in [0.15, 0.2) is 0 Å². The minimum absolute atomic E-state index is 0.176. The molecular formula is C15H18N4O. The first-order valence-corrected chi connectivity index (χ1v) is 6.34. The Balaban J connectivity index is 2.31. The number of hydrogen-bond donors (Lipinski definition) is 3. The molecule has 1 heterocycles. The van der Waals surface area contributed by atoms with Crippen LogP contribution in [0, 0.1) is 20.8 Å². The zero-order valence-electron chi connectivity index (χ0n) is 11.8. The van der Waals surface area contributed by atoms with Gasteiger partial charge in [-0.1, -0.05) is 18.2 Å². The predicted molar refractivity (Wildman–Crippen MR) is 80.7 cm³/mol. The van der Waals surface area contributed by atoms with Crippen molar-refractivity contribution in [3.8, 4) is 0 Å². The number of nitrogens with one attached hydrogen (secondary N) is 2. The molecule has 0 fully saturated rings. The van der Waals surface area contributed by atoms with Gasteiger partial charge in [-0.05, 0) is 44.0 Å². The molecule has 104 valence electrons. The highest BCUT2D eigenvalue weighted by molar-refractivity contribution is 6.05. The summed E-state index contributed by atoms with van der Waals surface area (Å²) in [5.74, 6) is 5.64. The predicted octanol–water partition coefficient (Wildman–Crippen LogP) is 2.54. The van der Waals surface area contributed by atoms with E-state index in [0.29, 0.717) is 11.4 Å². The Morgan fingerprint density at radius 3 is 2.40 bits per heavy atom. The van der Waals surface area contributed by atoms with Gasteiger partial charge in [-0.25, -0.2) is 10.8 Å². The maximum absolute atomic E-state index is 12.3. The molecule has 0 atom stereocenters. The smallest absolute Gasteiger partial charge is 0.255 e. The van der Waals surface area contributed by atoms with Gasteiger partial charge in [0.1, 0.15) is 5.82 Å². The van der Waals surface area contributed by atoms with Crippen molar-refractivity contribution in [2.75, 3.05) is 10.7 Å². The van der Waals surface area contributed by atoms with E-state index in [4.69, 9.17) is 5.84 Å². The summed E-state index contributed by atoms with van der Waals surface area (Å²) in [5, 5.41) is 2.94. The highest BCUT2D eigenvalue weighted by Gasteiger charge is 2.11. The zero-order chi connectivity index (χ0) is 14.7. The van der Waals surface area contributed by atoms with Crippen LogP contribution in [-0.2, 0) is 0 Å². The lowest BCUT2D eigenvalue weighted by molar-refractivity contribution is 0.102. The third-order valence-electron chi connectivity index (χ3n) is 3.08. The van der Waals surface area contributed by atoms with Crippen LogP contribution in [0.5, 0.6) is 0 Å². The van der Waals surface area contributed by atoms with Crippen molar-refractivity contribution in [3.63, 3.8) is 0 Å². The summed E-state index contributed by atoms with van der Waals surface area (Å²) in [6.45, 7) is 5.75. The number of carbonyl (C=O) groups is 1. The number of nitrogen functional groups attached to an aromatic ring is 1. The summed E-state index contributed by atoms with van der Waals surface area (Å²) in [4.78, 5) is 16.5. The van der Waals surface area contributed by atoms with Crippen molar-refractivity contribution in [2.24, 2.45) is 5.84 Å². The number of aryl methyl sites for hydroxylation is 3. The second-order valence-corrected chi connectivity index (χ2v) is 4.75. The van der Waals surface area contributed by atoms with Gasteiger partial charge in [0, 0.05) is 16.9 Å². The zero-order valence-corrected chi connectivity index (χ0v) is 11.8. The second kappa shape index (κ2) is 5.71. The summed E-state index contributed by atoms with van der Waals surface area (Å²) in [7, 11) is 0. The third-order valence-corrected chi connectivity index (χ3v) is 3.08. The Bertz CT molecular complexity index is 632. The topological polar surface area (TPSA) is 80.0 Å². The molecule has 0 aliphatic carbocycles. The molecule has 0 unspecified atom stereocenters. The number of nitrogens with two attached hydrogens (primary N) is 1. The lowest BCUT2D eigenvalue weighted by Crippen LogP contribution is -2.16. The fourth-order valence-corrected chi connectivity index (χ4v) is 2.07. The Kier molecular flexibility index (Phi) is 4.00. The molecule has 1 aromatic carbocycles. The molecule has 2 rings (SSSR count). The second-order valence-electron chi connectivity index (χ2n) is 4.75. The van der Waals surface area contributed by atoms with E-state index in [2.05, 4.69) is 15.7 Å². The highest BCUT2D eigenvalue weighted by atomic mass is 16.1. The molecule has 1 aromatic heterocycles. The number of benzene rings is 1. The Morgan fingerprint density at radius 1 is 1.15 bits per heavy atom. The van der Waals surface area contributed by atoms with Crippen molar-refractivity contribution in [3.05, 3.63) is 52.7 Å². The largest absolute Gasteiger partial charge is 0.322 e. The number of aromatic nitrogens is 1. The molecule has 0 bridgehead atoms. The standard InChI is InChI=1S/C15H18N4O/c1-9-5-4-6-10(2)14(9)18-15(20)12-7-11(3)17-13(8-12)19-16/h4-8H,16H2,1-3H3,(H,17,19)(H,18,20). The molecule has 1 amide bonds. The van der Waals surface area contributed by atoms with E-state index in [1.54, 1.807) is 12.1 Å². The van der Waals surface area contributed by atoms with Gasteiger partial charge in [0.05, 0.1) is 0 Å². The molecule has 5 nitrogen and oxygen atoms in total. The summed E-state index contributed by atoms with van der Waals surface area (Å²) in [6, 6.07) is 9.24. The van der Waals surface area contributed by atoms with E-state index >= 15 is 0 Å². The number of hydrazine groups is 1. The van der Waals surface area contributed by atoms with Gasteiger partial charge < -0.3 is 10.7 Å². The normalized spacial score (nSPS) is 10.2. The maximum Gasteiger partial charge on any atom is 0.255 e. The number of nitrogens with zero attached hydrogens (tertiary/aromatic N) is 1. The summed E-state index contributed by atoms with van der Waals surface area (Å²) in [6.07, 6.45) is 0. The number of carbonyl (C=O) groups excluding carboxylic acids is 1. The summed E-state index contributed by atoms with van der Waals surface area (Å²) >= 11 is 0. The Labute approximate surface area is 118 Å². The van der Waals surface area contributed by atoms with Crippen LogP contribution in [0.3, 0.4) is 0 Å². The van der Waals surface area contributed by atoms with Crippen LogP contribution in [0.2, 0.25) is 0 Å². The molecule has 0 saturated carbocycles. The number of para-hydroxylation sites is 1. The van der Waals surface area contributed by atoms with Gasteiger partial charge in [0.2, 0.25) is 0 Å². The summed E-state index contributed by atoms with van der Waals surface area (Å²) in [5.41, 5.74) is 6.61. The lowest BCUT2D eigenvalue weighted by Gasteiger charge is -2.12. The van der Waals surface area contributed by atoms with Crippen molar-refractivity contribution in [1.82, 2.24) is 4.98 Å². The van der Waals surface area contributed by atoms with Crippen molar-refractivity contribution < 1.29 is 4.79 Å². The van der Waals surface area contributed by atoms with E-state index in [-0.39, 0.29) is 5.91 Å².